The molecule has 1 saturated carbocycles. The van der Waals surface area contributed by atoms with Crippen LogP contribution in [0.15, 0.2) is 10.4 Å². The van der Waals surface area contributed by atoms with Crippen LogP contribution in [0.1, 0.15) is 71.1 Å². The molecule has 1 fully saturated rings. The van der Waals surface area contributed by atoms with Gasteiger partial charge in [0.25, 0.3) is 0 Å². The van der Waals surface area contributed by atoms with Crippen LogP contribution in [0.25, 0.3) is 0 Å². The van der Waals surface area contributed by atoms with Crippen LogP contribution in [0.4, 0.5) is 4.79 Å². The number of hydrogen-bond donors (Lipinski definition) is 1. The SMILES string of the molecule is CCCCCCCCN(SC1CCCCC1Cl)C(=O)ONC1=CS(=O)CCS1. The first-order chi connectivity index (χ1) is 13.6. The number of hydroxylamine groups is 1. The number of unbranched alkanes of at least 4 members (excludes halogenated alkanes) is 5. The van der Waals surface area contributed by atoms with Crippen molar-refractivity contribution in [3.05, 3.63) is 10.4 Å². The topological polar surface area (TPSA) is 58.6 Å². The highest BCUT2D eigenvalue weighted by molar-refractivity contribution is 8.05. The summed E-state index contributed by atoms with van der Waals surface area (Å²) in [6.45, 7) is 2.87. The smallest absolute Gasteiger partial charge is 0.323 e. The fourth-order valence-electron chi connectivity index (χ4n) is 3.20. The average molecular weight is 469 g/mol. The van der Waals surface area contributed by atoms with E-state index in [-0.39, 0.29) is 10.6 Å². The van der Waals surface area contributed by atoms with Gasteiger partial charge in [0.1, 0.15) is 5.03 Å². The Balaban J connectivity index is 1.84. The van der Waals surface area contributed by atoms with Gasteiger partial charge in [0, 0.05) is 44.9 Å². The minimum absolute atomic E-state index is 0.102. The third-order valence-electron chi connectivity index (χ3n) is 4.82. The van der Waals surface area contributed by atoms with E-state index in [2.05, 4.69) is 12.4 Å². The molecule has 1 N–H and O–H groups in total. The predicted molar refractivity (Wildman–Crippen MR) is 123 cm³/mol. The Morgan fingerprint density at radius 2 is 2.07 bits per heavy atom. The molecule has 1 aliphatic carbocycles. The molecule has 3 unspecified atom stereocenters. The van der Waals surface area contributed by atoms with Crippen LogP contribution in [0, 0.1) is 0 Å². The lowest BCUT2D eigenvalue weighted by Gasteiger charge is -2.31. The molecule has 9 heteroatoms. The molecule has 162 valence electrons. The Bertz CT molecular complexity index is 537. The third-order valence-corrected chi connectivity index (χ3v) is 9.35. The fraction of sp³-hybridized carbons (Fsp3) is 0.842. The van der Waals surface area contributed by atoms with Crippen molar-refractivity contribution in [1.29, 1.82) is 0 Å². The lowest BCUT2D eigenvalue weighted by atomic mass is 10.00. The van der Waals surface area contributed by atoms with Crippen molar-refractivity contribution in [3.63, 3.8) is 0 Å². The Hall–Kier alpha value is -0.0500. The van der Waals surface area contributed by atoms with Crippen LogP contribution in [0.2, 0.25) is 0 Å². The summed E-state index contributed by atoms with van der Waals surface area (Å²) in [5.74, 6) is 1.40. The molecule has 0 radical (unpaired) electrons. The summed E-state index contributed by atoms with van der Waals surface area (Å²) in [7, 11) is -0.988. The lowest BCUT2D eigenvalue weighted by molar-refractivity contribution is 0.0927. The Labute approximate surface area is 185 Å². The van der Waals surface area contributed by atoms with Crippen molar-refractivity contribution in [3.8, 4) is 0 Å². The van der Waals surface area contributed by atoms with E-state index in [9.17, 15) is 9.00 Å². The summed E-state index contributed by atoms with van der Waals surface area (Å²) in [4.78, 5) is 18.0. The van der Waals surface area contributed by atoms with Crippen molar-refractivity contribution in [2.45, 2.75) is 81.8 Å². The van der Waals surface area contributed by atoms with E-state index in [4.69, 9.17) is 16.4 Å². The maximum Gasteiger partial charge on any atom is 0.444 e. The first-order valence-corrected chi connectivity index (χ1v) is 14.0. The predicted octanol–water partition coefficient (Wildman–Crippen LogP) is 5.78. The summed E-state index contributed by atoms with van der Waals surface area (Å²) >= 11 is 9.56. The van der Waals surface area contributed by atoms with Crippen LogP contribution in [-0.2, 0) is 15.6 Å². The number of hydrogen-bond acceptors (Lipinski definition) is 6. The minimum atomic E-state index is -0.988. The van der Waals surface area contributed by atoms with Crippen LogP contribution < -0.4 is 5.48 Å². The van der Waals surface area contributed by atoms with Crippen molar-refractivity contribution in [1.82, 2.24) is 9.79 Å². The van der Waals surface area contributed by atoms with Gasteiger partial charge < -0.3 is 4.84 Å². The van der Waals surface area contributed by atoms with Gasteiger partial charge in [-0.1, -0.05) is 51.9 Å². The van der Waals surface area contributed by atoms with Gasteiger partial charge in [-0.15, -0.1) is 23.4 Å². The Morgan fingerprint density at radius 3 is 2.82 bits per heavy atom. The molecule has 0 saturated heterocycles. The molecule has 1 aliphatic heterocycles. The largest absolute Gasteiger partial charge is 0.444 e. The highest BCUT2D eigenvalue weighted by Gasteiger charge is 2.29. The number of halogens is 1. The van der Waals surface area contributed by atoms with Crippen molar-refractivity contribution in [2.75, 3.05) is 18.1 Å². The van der Waals surface area contributed by atoms with Crippen molar-refractivity contribution < 1.29 is 13.8 Å². The second-order valence-corrected chi connectivity index (χ2v) is 11.6. The highest BCUT2D eigenvalue weighted by atomic mass is 35.5. The first-order valence-electron chi connectivity index (χ1n) is 10.4. The van der Waals surface area contributed by atoms with E-state index in [0.717, 1.165) is 44.3 Å². The standard InChI is InChI=1S/C19H33ClN2O3S3/c1-2-3-4-5-6-9-12-22(27-17-11-8-7-10-16(17)20)19(23)25-21-18-15-28(24)14-13-26-18/h15-17,21H,2-14H2,1H3. The van der Waals surface area contributed by atoms with Gasteiger partial charge in [-0.2, -0.15) is 0 Å². The number of alkyl halides is 1. The fourth-order valence-corrected chi connectivity index (χ4v) is 7.15. The zero-order chi connectivity index (χ0) is 20.2. The lowest BCUT2D eigenvalue weighted by Crippen LogP contribution is -2.35. The summed E-state index contributed by atoms with van der Waals surface area (Å²) in [6, 6.07) is 0. The van der Waals surface area contributed by atoms with Crippen molar-refractivity contribution in [2.24, 2.45) is 0 Å². The quantitative estimate of drug-likeness (QED) is 0.179. The number of amides is 1. The van der Waals surface area contributed by atoms with Crippen LogP contribution in [0.5, 0.6) is 0 Å². The summed E-state index contributed by atoms with van der Waals surface area (Å²) < 4.78 is 13.3. The maximum atomic E-state index is 12.7. The van der Waals surface area contributed by atoms with Crippen molar-refractivity contribution >= 4 is 52.2 Å². The second-order valence-electron chi connectivity index (χ2n) is 7.20. The minimum Gasteiger partial charge on any atom is -0.323 e. The first kappa shape index (κ1) is 24.2. The molecule has 2 rings (SSSR count). The number of rotatable bonds is 11. The zero-order valence-corrected chi connectivity index (χ0v) is 19.9. The van der Waals surface area contributed by atoms with Crippen LogP contribution in [0.3, 0.4) is 0 Å². The molecule has 0 aromatic heterocycles. The van der Waals surface area contributed by atoms with Crippen LogP contribution in [-0.4, -0.2) is 43.3 Å². The van der Waals surface area contributed by atoms with E-state index in [1.165, 1.54) is 49.4 Å². The van der Waals surface area contributed by atoms with E-state index >= 15 is 0 Å². The monoisotopic (exact) mass is 468 g/mol. The van der Waals surface area contributed by atoms with Gasteiger partial charge >= 0.3 is 6.09 Å². The van der Waals surface area contributed by atoms with Gasteiger partial charge in [0.2, 0.25) is 0 Å². The molecule has 3 atom stereocenters. The third kappa shape index (κ3) is 9.18. The number of carbonyl (C=O) groups excluding carboxylic acids is 1. The zero-order valence-electron chi connectivity index (χ0n) is 16.7. The molecule has 0 spiro atoms. The molecule has 5 nitrogen and oxygen atoms in total. The molecule has 28 heavy (non-hydrogen) atoms. The average Bonchev–Trinajstić information content (AvgIpc) is 2.69. The molecular weight excluding hydrogens is 436 g/mol. The molecule has 0 aromatic carbocycles. The van der Waals surface area contributed by atoms with E-state index in [0.29, 0.717) is 17.3 Å². The Morgan fingerprint density at radius 1 is 1.32 bits per heavy atom. The summed E-state index contributed by atoms with van der Waals surface area (Å²) in [5.41, 5.74) is 2.69. The Kier molecular flexibility index (Phi) is 12.1. The van der Waals surface area contributed by atoms with Gasteiger partial charge in [0.15, 0.2) is 0 Å². The van der Waals surface area contributed by atoms with Gasteiger partial charge in [-0.3, -0.25) is 4.21 Å². The van der Waals surface area contributed by atoms with E-state index in [1.807, 2.05) is 0 Å². The maximum absolute atomic E-state index is 12.7. The van der Waals surface area contributed by atoms with Gasteiger partial charge in [-0.05, 0) is 31.2 Å². The number of nitrogens with one attached hydrogen (secondary N) is 1. The highest BCUT2D eigenvalue weighted by Crippen LogP contribution is 2.34. The van der Waals surface area contributed by atoms with Gasteiger partial charge in [-0.25, -0.2) is 14.6 Å². The second kappa shape index (κ2) is 14.0. The summed E-state index contributed by atoms with van der Waals surface area (Å²) in [5, 5.41) is 2.61. The molecule has 1 amide bonds. The molecule has 0 bridgehead atoms. The van der Waals surface area contributed by atoms with Gasteiger partial charge in [0.05, 0.1) is 0 Å². The molecular formula is C19H33ClN2O3S3. The molecule has 2 aliphatic rings. The van der Waals surface area contributed by atoms with E-state index < -0.39 is 16.9 Å². The number of nitrogens with zero attached hydrogens (tertiary/aromatic N) is 1. The number of carbonyl (C=O) groups is 1. The van der Waals surface area contributed by atoms with E-state index in [1.54, 1.807) is 9.71 Å². The molecule has 1 heterocycles. The molecule has 0 aromatic rings. The van der Waals surface area contributed by atoms with Crippen LogP contribution >= 0.6 is 35.3 Å². The number of thioether (sulfide) groups is 1. The summed E-state index contributed by atoms with van der Waals surface area (Å²) in [6.07, 6.45) is 11.0. The normalized spacial score (nSPS) is 25.1.